The van der Waals surface area contributed by atoms with Gasteiger partial charge in [0.25, 0.3) is 0 Å². The molecule has 0 spiro atoms. The highest BCUT2D eigenvalue weighted by atomic mass is 16.2. The van der Waals surface area contributed by atoms with Crippen molar-refractivity contribution in [2.45, 2.75) is 26.3 Å². The smallest absolute Gasteiger partial charge is 0.231 e. The monoisotopic (exact) mass is 257 g/mol. The lowest BCUT2D eigenvalue weighted by atomic mass is 9.81. The Morgan fingerprint density at radius 2 is 2.16 bits per heavy atom. The molecule has 4 heteroatoms. The lowest BCUT2D eigenvalue weighted by Crippen LogP contribution is -2.30. The second-order valence-electron chi connectivity index (χ2n) is 5.57. The fraction of sp³-hybridized carbons (Fsp3) is 0.467. The summed E-state index contributed by atoms with van der Waals surface area (Å²) in [4.78, 5) is 13.4. The van der Waals surface area contributed by atoms with Gasteiger partial charge in [-0.1, -0.05) is 12.1 Å². The number of carbonyl (C=O) groups excluding carboxylic acids is 1. The molecule has 1 aromatic carbocycles. The van der Waals surface area contributed by atoms with Crippen molar-refractivity contribution in [3.05, 3.63) is 29.3 Å². The molecule has 1 aliphatic heterocycles. The van der Waals surface area contributed by atoms with Crippen LogP contribution in [0.2, 0.25) is 0 Å². The molecule has 0 saturated carbocycles. The van der Waals surface area contributed by atoms with Crippen LogP contribution in [-0.2, 0) is 11.2 Å². The zero-order valence-corrected chi connectivity index (χ0v) is 11.8. The summed E-state index contributed by atoms with van der Waals surface area (Å²) < 4.78 is 0. The van der Waals surface area contributed by atoms with E-state index < -0.39 is 5.41 Å². The van der Waals surface area contributed by atoms with Crippen LogP contribution in [0, 0.1) is 16.7 Å². The van der Waals surface area contributed by atoms with Crippen LogP contribution in [-0.4, -0.2) is 20.0 Å². The number of fused-ring (bicyclic) bond motifs is 1. The molecule has 0 saturated heterocycles. The van der Waals surface area contributed by atoms with Crippen molar-refractivity contribution < 1.29 is 4.79 Å². The first-order valence-electron chi connectivity index (χ1n) is 6.38. The zero-order chi connectivity index (χ0) is 14.2. The van der Waals surface area contributed by atoms with Crippen molar-refractivity contribution >= 4 is 11.6 Å². The van der Waals surface area contributed by atoms with Crippen LogP contribution < -0.4 is 10.2 Å². The molecule has 2 rings (SSSR count). The Balaban J connectivity index is 2.41. The molecule has 1 unspecified atom stereocenters. The van der Waals surface area contributed by atoms with Crippen molar-refractivity contribution in [2.75, 3.05) is 19.0 Å². The van der Waals surface area contributed by atoms with Gasteiger partial charge in [0.15, 0.2) is 0 Å². The van der Waals surface area contributed by atoms with Gasteiger partial charge < -0.3 is 10.2 Å². The molecule has 0 fully saturated rings. The number of amides is 1. The van der Waals surface area contributed by atoms with Gasteiger partial charge in [0.1, 0.15) is 0 Å². The topological polar surface area (TPSA) is 56.1 Å². The fourth-order valence-electron chi connectivity index (χ4n) is 2.68. The Morgan fingerprint density at radius 1 is 1.47 bits per heavy atom. The van der Waals surface area contributed by atoms with Crippen LogP contribution in [0.3, 0.4) is 0 Å². The first-order chi connectivity index (χ1) is 8.90. The van der Waals surface area contributed by atoms with E-state index in [1.54, 1.807) is 11.9 Å². The van der Waals surface area contributed by atoms with Gasteiger partial charge in [-0.2, -0.15) is 5.26 Å². The predicted octanol–water partition coefficient (Wildman–Crippen LogP) is 2.02. The third-order valence-corrected chi connectivity index (χ3v) is 3.81. The Labute approximate surface area is 114 Å². The second-order valence-corrected chi connectivity index (χ2v) is 5.57. The summed E-state index contributed by atoms with van der Waals surface area (Å²) in [5.74, 6) is 0.118. The maximum atomic E-state index is 11.7. The van der Waals surface area contributed by atoms with Gasteiger partial charge in [-0.3, -0.25) is 4.79 Å². The van der Waals surface area contributed by atoms with Crippen LogP contribution >= 0.6 is 0 Å². The predicted molar refractivity (Wildman–Crippen MR) is 74.8 cm³/mol. The van der Waals surface area contributed by atoms with Gasteiger partial charge in [0, 0.05) is 12.7 Å². The Kier molecular flexibility index (Phi) is 3.34. The first kappa shape index (κ1) is 13.6. The highest BCUT2D eigenvalue weighted by Crippen LogP contribution is 2.36. The van der Waals surface area contributed by atoms with Gasteiger partial charge in [-0.05, 0) is 38.1 Å². The van der Waals surface area contributed by atoms with E-state index in [2.05, 4.69) is 11.4 Å². The van der Waals surface area contributed by atoms with E-state index in [1.807, 2.05) is 39.1 Å². The SMILES string of the molecule is CNC(c1ccc2c(c1)CC(=O)N2C)C(C)(C)C#N. The number of nitrogens with one attached hydrogen (secondary N) is 1. The number of rotatable bonds is 3. The summed E-state index contributed by atoms with van der Waals surface area (Å²) in [5.41, 5.74) is 2.56. The number of hydrogen-bond acceptors (Lipinski definition) is 3. The molecule has 19 heavy (non-hydrogen) atoms. The maximum Gasteiger partial charge on any atom is 0.231 e. The van der Waals surface area contributed by atoms with Crippen LogP contribution in [0.1, 0.15) is 31.0 Å². The summed E-state index contributed by atoms with van der Waals surface area (Å²) in [7, 11) is 3.65. The number of hydrogen-bond donors (Lipinski definition) is 1. The van der Waals surface area contributed by atoms with Gasteiger partial charge >= 0.3 is 0 Å². The van der Waals surface area contributed by atoms with Crippen molar-refractivity contribution in [3.63, 3.8) is 0 Å². The standard InChI is InChI=1S/C15H19N3O/c1-15(2,9-16)14(17-3)10-5-6-12-11(7-10)8-13(19)18(12)4/h5-7,14,17H,8H2,1-4H3. The van der Waals surface area contributed by atoms with Crippen LogP contribution in [0.25, 0.3) is 0 Å². The normalized spacial score (nSPS) is 16.2. The minimum absolute atomic E-state index is 0.0520. The van der Waals surface area contributed by atoms with Gasteiger partial charge in [-0.25, -0.2) is 0 Å². The molecule has 1 atom stereocenters. The van der Waals surface area contributed by atoms with Crippen LogP contribution in [0.5, 0.6) is 0 Å². The van der Waals surface area contributed by atoms with E-state index in [0.717, 1.165) is 16.8 Å². The molecule has 0 radical (unpaired) electrons. The number of carbonyl (C=O) groups is 1. The largest absolute Gasteiger partial charge is 0.315 e. The van der Waals surface area contributed by atoms with Crippen molar-refractivity contribution in [1.29, 1.82) is 5.26 Å². The quantitative estimate of drug-likeness (QED) is 0.901. The maximum absolute atomic E-state index is 11.7. The van der Waals surface area contributed by atoms with E-state index in [9.17, 15) is 10.1 Å². The third kappa shape index (κ3) is 2.22. The summed E-state index contributed by atoms with van der Waals surface area (Å²) in [5, 5.41) is 12.5. The molecular formula is C15H19N3O. The molecule has 100 valence electrons. The van der Waals surface area contributed by atoms with Gasteiger partial charge in [-0.15, -0.1) is 0 Å². The number of benzene rings is 1. The Hall–Kier alpha value is -1.86. The zero-order valence-electron chi connectivity index (χ0n) is 11.8. The fourth-order valence-corrected chi connectivity index (χ4v) is 2.68. The molecule has 4 nitrogen and oxygen atoms in total. The highest BCUT2D eigenvalue weighted by molar-refractivity contribution is 6.00. The lowest BCUT2D eigenvalue weighted by Gasteiger charge is -2.28. The molecule has 0 aliphatic carbocycles. The van der Waals surface area contributed by atoms with Crippen molar-refractivity contribution in [3.8, 4) is 6.07 Å². The molecule has 0 bridgehead atoms. The minimum Gasteiger partial charge on any atom is -0.315 e. The molecule has 1 N–H and O–H groups in total. The molecule has 1 aromatic rings. The summed E-state index contributed by atoms with van der Waals surface area (Å²) >= 11 is 0. The van der Waals surface area contributed by atoms with Gasteiger partial charge in [0.2, 0.25) is 5.91 Å². The number of nitrogens with zero attached hydrogens (tertiary/aromatic N) is 2. The van der Waals surface area contributed by atoms with Crippen molar-refractivity contribution in [1.82, 2.24) is 5.32 Å². The molecule has 1 heterocycles. The number of anilines is 1. The van der Waals surface area contributed by atoms with E-state index in [-0.39, 0.29) is 11.9 Å². The first-order valence-corrected chi connectivity index (χ1v) is 6.38. The second kappa shape index (κ2) is 4.67. The van der Waals surface area contributed by atoms with Crippen LogP contribution in [0.4, 0.5) is 5.69 Å². The van der Waals surface area contributed by atoms with E-state index >= 15 is 0 Å². The highest BCUT2D eigenvalue weighted by Gasteiger charge is 2.31. The van der Waals surface area contributed by atoms with Crippen LogP contribution in [0.15, 0.2) is 18.2 Å². The average Bonchev–Trinajstić information content (AvgIpc) is 2.65. The Bertz CT molecular complexity index is 557. The molecule has 1 aliphatic rings. The van der Waals surface area contributed by atoms with Crippen molar-refractivity contribution in [2.24, 2.45) is 5.41 Å². The Morgan fingerprint density at radius 3 is 2.74 bits per heavy atom. The average molecular weight is 257 g/mol. The molecular weight excluding hydrogens is 238 g/mol. The van der Waals surface area contributed by atoms with E-state index in [0.29, 0.717) is 6.42 Å². The molecule has 0 aromatic heterocycles. The van der Waals surface area contributed by atoms with E-state index in [1.165, 1.54) is 0 Å². The number of likely N-dealkylation sites (N-methyl/N-ethyl adjacent to an activating group) is 1. The summed E-state index contributed by atoms with van der Waals surface area (Å²) in [6.07, 6.45) is 0.448. The minimum atomic E-state index is -0.502. The van der Waals surface area contributed by atoms with E-state index in [4.69, 9.17) is 0 Å². The lowest BCUT2D eigenvalue weighted by molar-refractivity contribution is -0.117. The molecule has 1 amide bonds. The van der Waals surface area contributed by atoms with Gasteiger partial charge in [0.05, 0.1) is 23.9 Å². The summed E-state index contributed by atoms with van der Waals surface area (Å²) in [6, 6.07) is 8.28. The third-order valence-electron chi connectivity index (χ3n) is 3.81. The summed E-state index contributed by atoms with van der Waals surface area (Å²) in [6.45, 7) is 3.83. The number of nitriles is 1.